The number of benzene rings is 1. The van der Waals surface area contributed by atoms with E-state index in [2.05, 4.69) is 36.0 Å². The summed E-state index contributed by atoms with van der Waals surface area (Å²) in [6.45, 7) is 4.80. The largest absolute Gasteiger partial charge is 0.453 e. The third kappa shape index (κ3) is 3.62. The molecule has 0 spiro atoms. The van der Waals surface area contributed by atoms with Gasteiger partial charge in [0.25, 0.3) is 0 Å². The van der Waals surface area contributed by atoms with Gasteiger partial charge in [0.2, 0.25) is 0 Å². The molecule has 0 saturated heterocycles. The Morgan fingerprint density at radius 3 is 2.80 bits per heavy atom. The standard InChI is InChI=1S/C12H17NO2/c1-9(2)11-6-4-5-10(7-11)8-13-12(14)15-3/h4-7,9H,8H2,1-3H3,(H,13,14). The Bertz CT molecular complexity index is 334. The molecule has 1 aromatic rings. The number of nitrogens with one attached hydrogen (secondary N) is 1. The van der Waals surface area contributed by atoms with Crippen LogP contribution in [-0.2, 0) is 11.3 Å². The molecular weight excluding hydrogens is 190 g/mol. The van der Waals surface area contributed by atoms with Gasteiger partial charge in [-0.25, -0.2) is 4.79 Å². The lowest BCUT2D eigenvalue weighted by Gasteiger charge is -2.08. The van der Waals surface area contributed by atoms with E-state index in [-0.39, 0.29) is 0 Å². The first-order chi connectivity index (χ1) is 7.13. The monoisotopic (exact) mass is 207 g/mol. The van der Waals surface area contributed by atoms with Crippen molar-refractivity contribution in [1.29, 1.82) is 0 Å². The predicted molar refractivity (Wildman–Crippen MR) is 59.8 cm³/mol. The highest BCUT2D eigenvalue weighted by Gasteiger charge is 2.02. The van der Waals surface area contributed by atoms with E-state index in [1.54, 1.807) is 0 Å². The van der Waals surface area contributed by atoms with Gasteiger partial charge in [0, 0.05) is 6.54 Å². The van der Waals surface area contributed by atoms with E-state index in [1.807, 2.05) is 12.1 Å². The van der Waals surface area contributed by atoms with Crippen LogP contribution < -0.4 is 5.32 Å². The molecule has 0 radical (unpaired) electrons. The SMILES string of the molecule is COC(=O)NCc1cccc(C(C)C)c1. The summed E-state index contributed by atoms with van der Waals surface area (Å²) in [6, 6.07) is 8.18. The lowest BCUT2D eigenvalue weighted by atomic mass is 10.0. The molecule has 1 aromatic carbocycles. The van der Waals surface area contributed by atoms with E-state index in [9.17, 15) is 4.79 Å². The van der Waals surface area contributed by atoms with Crippen molar-refractivity contribution in [2.45, 2.75) is 26.3 Å². The minimum absolute atomic E-state index is 0.398. The van der Waals surface area contributed by atoms with Crippen molar-refractivity contribution in [1.82, 2.24) is 5.32 Å². The number of ether oxygens (including phenoxy) is 1. The van der Waals surface area contributed by atoms with E-state index in [1.165, 1.54) is 12.7 Å². The average Bonchev–Trinajstić information content (AvgIpc) is 2.26. The fourth-order valence-electron chi connectivity index (χ4n) is 1.31. The maximum atomic E-state index is 10.9. The highest BCUT2D eigenvalue weighted by atomic mass is 16.5. The second kappa shape index (κ2) is 5.39. The van der Waals surface area contributed by atoms with Crippen LogP contribution in [-0.4, -0.2) is 13.2 Å². The van der Waals surface area contributed by atoms with Crippen LogP contribution in [0.15, 0.2) is 24.3 Å². The van der Waals surface area contributed by atoms with Gasteiger partial charge in [-0.1, -0.05) is 38.1 Å². The number of rotatable bonds is 3. The molecule has 1 N–H and O–H groups in total. The molecule has 82 valence electrons. The van der Waals surface area contributed by atoms with Gasteiger partial charge < -0.3 is 10.1 Å². The van der Waals surface area contributed by atoms with Gasteiger partial charge in [-0.2, -0.15) is 0 Å². The van der Waals surface area contributed by atoms with Gasteiger partial charge in [-0.05, 0) is 17.0 Å². The van der Waals surface area contributed by atoms with E-state index in [0.717, 1.165) is 5.56 Å². The van der Waals surface area contributed by atoms with Crippen LogP contribution in [0.5, 0.6) is 0 Å². The lowest BCUT2D eigenvalue weighted by molar-refractivity contribution is 0.170. The predicted octanol–water partition coefficient (Wildman–Crippen LogP) is 2.67. The number of carbonyl (C=O) groups is 1. The summed E-state index contributed by atoms with van der Waals surface area (Å²) in [5.41, 5.74) is 2.37. The first-order valence-electron chi connectivity index (χ1n) is 5.04. The topological polar surface area (TPSA) is 38.3 Å². The number of alkyl carbamates (subject to hydrolysis) is 1. The average molecular weight is 207 g/mol. The highest BCUT2D eigenvalue weighted by molar-refractivity contribution is 5.66. The van der Waals surface area contributed by atoms with Gasteiger partial charge in [-0.15, -0.1) is 0 Å². The quantitative estimate of drug-likeness (QED) is 0.827. The Balaban J connectivity index is 2.61. The van der Waals surface area contributed by atoms with E-state index in [4.69, 9.17) is 0 Å². The third-order valence-corrected chi connectivity index (χ3v) is 2.24. The van der Waals surface area contributed by atoms with Crippen LogP contribution >= 0.6 is 0 Å². The summed E-state index contributed by atoms with van der Waals surface area (Å²) in [6.07, 6.45) is -0.398. The van der Waals surface area contributed by atoms with Gasteiger partial charge >= 0.3 is 6.09 Å². The van der Waals surface area contributed by atoms with E-state index in [0.29, 0.717) is 12.5 Å². The molecule has 0 aliphatic heterocycles. The van der Waals surface area contributed by atoms with Gasteiger partial charge in [0.1, 0.15) is 0 Å². The lowest BCUT2D eigenvalue weighted by Crippen LogP contribution is -2.22. The molecule has 3 heteroatoms. The Morgan fingerprint density at radius 1 is 1.47 bits per heavy atom. The van der Waals surface area contributed by atoms with Crippen LogP contribution in [0.4, 0.5) is 4.79 Å². The molecule has 0 atom stereocenters. The van der Waals surface area contributed by atoms with Crippen molar-refractivity contribution in [3.8, 4) is 0 Å². The molecule has 0 aliphatic rings. The summed E-state index contributed by atoms with van der Waals surface area (Å²) in [7, 11) is 1.36. The van der Waals surface area contributed by atoms with Crippen LogP contribution in [0.1, 0.15) is 30.9 Å². The summed E-state index contributed by atoms with van der Waals surface area (Å²) in [4.78, 5) is 10.9. The number of hydrogen-bond donors (Lipinski definition) is 1. The molecule has 0 bridgehead atoms. The third-order valence-electron chi connectivity index (χ3n) is 2.24. The van der Waals surface area contributed by atoms with Crippen molar-refractivity contribution < 1.29 is 9.53 Å². The Kier molecular flexibility index (Phi) is 4.16. The second-order valence-corrected chi connectivity index (χ2v) is 3.74. The molecule has 0 aromatic heterocycles. The van der Waals surface area contributed by atoms with Crippen LogP contribution in [0, 0.1) is 0 Å². The molecule has 0 saturated carbocycles. The summed E-state index contributed by atoms with van der Waals surface area (Å²) in [5, 5.41) is 2.65. The maximum Gasteiger partial charge on any atom is 0.407 e. The Morgan fingerprint density at radius 2 is 2.20 bits per heavy atom. The summed E-state index contributed by atoms with van der Waals surface area (Å²) in [5.74, 6) is 0.503. The minimum Gasteiger partial charge on any atom is -0.453 e. The van der Waals surface area contributed by atoms with Gasteiger partial charge in [0.15, 0.2) is 0 Å². The molecule has 0 fully saturated rings. The van der Waals surface area contributed by atoms with Crippen molar-refractivity contribution >= 4 is 6.09 Å². The van der Waals surface area contributed by atoms with Crippen LogP contribution in [0.3, 0.4) is 0 Å². The molecule has 1 rings (SSSR count). The highest BCUT2D eigenvalue weighted by Crippen LogP contribution is 2.15. The summed E-state index contributed by atoms with van der Waals surface area (Å²) >= 11 is 0. The molecular formula is C12H17NO2. The van der Waals surface area contributed by atoms with Crippen molar-refractivity contribution in [2.75, 3.05) is 7.11 Å². The van der Waals surface area contributed by atoms with Crippen molar-refractivity contribution in [2.24, 2.45) is 0 Å². The Hall–Kier alpha value is -1.51. The molecule has 3 nitrogen and oxygen atoms in total. The first kappa shape index (κ1) is 11.6. The normalized spacial score (nSPS) is 10.1. The van der Waals surface area contributed by atoms with Gasteiger partial charge in [-0.3, -0.25) is 0 Å². The zero-order valence-electron chi connectivity index (χ0n) is 9.41. The van der Waals surface area contributed by atoms with Gasteiger partial charge in [0.05, 0.1) is 7.11 Å². The maximum absolute atomic E-state index is 10.9. The molecule has 0 aliphatic carbocycles. The number of amides is 1. The van der Waals surface area contributed by atoms with E-state index >= 15 is 0 Å². The minimum atomic E-state index is -0.398. The van der Waals surface area contributed by atoms with E-state index < -0.39 is 6.09 Å². The van der Waals surface area contributed by atoms with Crippen molar-refractivity contribution in [3.63, 3.8) is 0 Å². The fourth-order valence-corrected chi connectivity index (χ4v) is 1.31. The zero-order valence-corrected chi connectivity index (χ0v) is 9.41. The second-order valence-electron chi connectivity index (χ2n) is 3.74. The molecule has 1 amide bonds. The number of carbonyl (C=O) groups excluding carboxylic acids is 1. The summed E-state index contributed by atoms with van der Waals surface area (Å²) < 4.78 is 4.50. The smallest absolute Gasteiger partial charge is 0.407 e. The molecule has 0 heterocycles. The van der Waals surface area contributed by atoms with Crippen molar-refractivity contribution in [3.05, 3.63) is 35.4 Å². The zero-order chi connectivity index (χ0) is 11.3. The van der Waals surface area contributed by atoms with Crippen LogP contribution in [0.2, 0.25) is 0 Å². The van der Waals surface area contributed by atoms with Crippen LogP contribution in [0.25, 0.3) is 0 Å². The Labute approximate surface area is 90.4 Å². The molecule has 0 unspecified atom stereocenters. The number of methoxy groups -OCH3 is 1. The first-order valence-corrected chi connectivity index (χ1v) is 5.04. The molecule has 15 heavy (non-hydrogen) atoms. The fraction of sp³-hybridized carbons (Fsp3) is 0.417. The number of hydrogen-bond acceptors (Lipinski definition) is 2.